The second kappa shape index (κ2) is 6.28. The van der Waals surface area contributed by atoms with E-state index in [9.17, 15) is 18.0 Å². The van der Waals surface area contributed by atoms with E-state index in [1.165, 1.54) is 27.8 Å². The summed E-state index contributed by atoms with van der Waals surface area (Å²) < 4.78 is 40.8. The van der Waals surface area contributed by atoms with E-state index >= 15 is 0 Å². The van der Waals surface area contributed by atoms with Gasteiger partial charge in [0.05, 0.1) is 22.5 Å². The number of aromatic nitrogens is 5. The Morgan fingerprint density at radius 2 is 1.77 bits per heavy atom. The molecule has 0 unspecified atom stereocenters. The number of alkyl halides is 3. The number of amides is 1. The van der Waals surface area contributed by atoms with Crippen LogP contribution in [0.3, 0.4) is 0 Å². The topological polar surface area (TPSA) is 77.6 Å². The standard InChI is InChI=1S/C16H15F3N6O/c1-9-13(23-25(3)21-9)14-12(8-24(2)22-14)20-15(26)10-6-4-5-7-11(10)16(17,18)19/h4-8H,1-3H3,(H,20,26). The first-order chi connectivity index (χ1) is 12.2. The molecule has 0 saturated heterocycles. The summed E-state index contributed by atoms with van der Waals surface area (Å²) in [5.41, 5.74) is 0.128. The summed E-state index contributed by atoms with van der Waals surface area (Å²) in [6, 6.07) is 4.60. The number of carbonyl (C=O) groups excluding carboxylic acids is 1. The molecule has 0 aliphatic rings. The highest BCUT2D eigenvalue weighted by molar-refractivity contribution is 6.06. The van der Waals surface area contributed by atoms with Gasteiger partial charge in [0.2, 0.25) is 0 Å². The summed E-state index contributed by atoms with van der Waals surface area (Å²) in [5, 5.41) is 15.0. The highest BCUT2D eigenvalue weighted by Crippen LogP contribution is 2.33. The molecule has 0 atom stereocenters. The first-order valence-corrected chi connectivity index (χ1v) is 7.56. The Labute approximate surface area is 146 Å². The number of aryl methyl sites for hydroxylation is 3. The fraction of sp³-hybridized carbons (Fsp3) is 0.250. The van der Waals surface area contributed by atoms with Crippen molar-refractivity contribution in [2.24, 2.45) is 14.1 Å². The molecule has 2 aromatic heterocycles. The van der Waals surface area contributed by atoms with E-state index in [1.54, 1.807) is 21.0 Å². The molecular weight excluding hydrogens is 349 g/mol. The number of hydrogen-bond acceptors (Lipinski definition) is 4. The van der Waals surface area contributed by atoms with Crippen molar-refractivity contribution >= 4 is 11.6 Å². The molecule has 1 N–H and O–H groups in total. The fourth-order valence-corrected chi connectivity index (χ4v) is 2.60. The summed E-state index contributed by atoms with van der Waals surface area (Å²) in [4.78, 5) is 13.8. The molecule has 10 heteroatoms. The third-order valence-electron chi connectivity index (χ3n) is 3.66. The number of anilines is 1. The third kappa shape index (κ3) is 3.30. The molecule has 0 radical (unpaired) electrons. The molecule has 0 bridgehead atoms. The van der Waals surface area contributed by atoms with Gasteiger partial charge in [-0.2, -0.15) is 33.3 Å². The summed E-state index contributed by atoms with van der Waals surface area (Å²) >= 11 is 0. The number of carbonyl (C=O) groups is 1. The minimum Gasteiger partial charge on any atom is -0.319 e. The van der Waals surface area contributed by atoms with Gasteiger partial charge in [0.15, 0.2) is 0 Å². The summed E-state index contributed by atoms with van der Waals surface area (Å²) in [6.45, 7) is 1.72. The van der Waals surface area contributed by atoms with Crippen molar-refractivity contribution in [3.8, 4) is 11.4 Å². The van der Waals surface area contributed by atoms with E-state index in [0.29, 0.717) is 17.1 Å². The van der Waals surface area contributed by atoms with Gasteiger partial charge in [-0.05, 0) is 19.1 Å². The summed E-state index contributed by atoms with van der Waals surface area (Å²) in [7, 11) is 3.27. The van der Waals surface area contributed by atoms with Crippen molar-refractivity contribution in [1.82, 2.24) is 24.8 Å². The molecule has 1 aromatic carbocycles. The summed E-state index contributed by atoms with van der Waals surface area (Å²) in [5.74, 6) is -0.881. The molecule has 3 rings (SSSR count). The van der Waals surface area contributed by atoms with E-state index in [-0.39, 0.29) is 5.69 Å². The predicted octanol–water partition coefficient (Wildman–Crippen LogP) is 2.80. The number of hydrogen-bond donors (Lipinski definition) is 1. The quantitative estimate of drug-likeness (QED) is 0.775. The third-order valence-corrected chi connectivity index (χ3v) is 3.66. The minimum atomic E-state index is -4.63. The lowest BCUT2D eigenvalue weighted by Crippen LogP contribution is -2.18. The number of rotatable bonds is 3. The average molecular weight is 364 g/mol. The van der Waals surface area contributed by atoms with Crippen LogP contribution >= 0.6 is 0 Å². The van der Waals surface area contributed by atoms with Crippen LogP contribution < -0.4 is 5.32 Å². The predicted molar refractivity (Wildman–Crippen MR) is 87.3 cm³/mol. The Morgan fingerprint density at radius 1 is 1.08 bits per heavy atom. The molecule has 0 aliphatic carbocycles. The maximum Gasteiger partial charge on any atom is 0.417 e. The van der Waals surface area contributed by atoms with Gasteiger partial charge in [-0.3, -0.25) is 9.48 Å². The maximum atomic E-state index is 13.1. The first-order valence-electron chi connectivity index (χ1n) is 7.56. The molecule has 0 fully saturated rings. The van der Waals surface area contributed by atoms with Crippen molar-refractivity contribution in [2.45, 2.75) is 13.1 Å². The van der Waals surface area contributed by atoms with Crippen LogP contribution in [0, 0.1) is 6.92 Å². The van der Waals surface area contributed by atoms with Gasteiger partial charge in [-0.15, -0.1) is 0 Å². The Balaban J connectivity index is 1.99. The van der Waals surface area contributed by atoms with Crippen LogP contribution in [0.2, 0.25) is 0 Å². The van der Waals surface area contributed by atoms with Crippen molar-refractivity contribution in [3.05, 3.63) is 47.3 Å². The molecule has 0 spiro atoms. The molecule has 0 aliphatic heterocycles. The second-order valence-electron chi connectivity index (χ2n) is 5.69. The molecule has 26 heavy (non-hydrogen) atoms. The van der Waals surface area contributed by atoms with Crippen LogP contribution in [0.1, 0.15) is 21.6 Å². The van der Waals surface area contributed by atoms with Crippen LogP contribution in [0.4, 0.5) is 18.9 Å². The lowest BCUT2D eigenvalue weighted by atomic mass is 10.1. The lowest BCUT2D eigenvalue weighted by Gasteiger charge is -2.12. The molecule has 2 heterocycles. The van der Waals surface area contributed by atoms with E-state index in [1.807, 2.05) is 0 Å². The van der Waals surface area contributed by atoms with E-state index < -0.39 is 23.2 Å². The van der Waals surface area contributed by atoms with Crippen LogP contribution in [0.25, 0.3) is 11.4 Å². The van der Waals surface area contributed by atoms with Gasteiger partial charge >= 0.3 is 6.18 Å². The Bertz CT molecular complexity index is 973. The monoisotopic (exact) mass is 364 g/mol. The normalized spacial score (nSPS) is 11.6. The van der Waals surface area contributed by atoms with Crippen LogP contribution in [0.15, 0.2) is 30.5 Å². The van der Waals surface area contributed by atoms with E-state index in [0.717, 1.165) is 12.1 Å². The second-order valence-corrected chi connectivity index (χ2v) is 5.69. The van der Waals surface area contributed by atoms with Gasteiger partial charge in [0.1, 0.15) is 11.4 Å². The van der Waals surface area contributed by atoms with Gasteiger partial charge in [-0.25, -0.2) is 0 Å². The van der Waals surface area contributed by atoms with E-state index in [2.05, 4.69) is 20.6 Å². The highest BCUT2D eigenvalue weighted by Gasteiger charge is 2.35. The largest absolute Gasteiger partial charge is 0.417 e. The molecular formula is C16H15F3N6O. The molecule has 0 saturated carbocycles. The van der Waals surface area contributed by atoms with Gasteiger partial charge in [0, 0.05) is 20.3 Å². The highest BCUT2D eigenvalue weighted by atomic mass is 19.4. The van der Waals surface area contributed by atoms with Crippen molar-refractivity contribution < 1.29 is 18.0 Å². The van der Waals surface area contributed by atoms with E-state index in [4.69, 9.17) is 0 Å². The zero-order valence-corrected chi connectivity index (χ0v) is 14.2. The molecule has 136 valence electrons. The zero-order valence-electron chi connectivity index (χ0n) is 14.2. The SMILES string of the molecule is Cc1nn(C)nc1-c1nn(C)cc1NC(=O)c1ccccc1C(F)(F)F. The lowest BCUT2D eigenvalue weighted by molar-refractivity contribution is -0.137. The first kappa shape index (κ1) is 17.6. The van der Waals surface area contributed by atoms with Crippen LogP contribution in [0.5, 0.6) is 0 Å². The van der Waals surface area contributed by atoms with Crippen molar-refractivity contribution in [3.63, 3.8) is 0 Å². The Morgan fingerprint density at radius 3 is 2.38 bits per heavy atom. The van der Waals surface area contributed by atoms with Crippen LogP contribution in [-0.4, -0.2) is 30.7 Å². The number of halogens is 3. The van der Waals surface area contributed by atoms with Gasteiger partial charge < -0.3 is 5.32 Å². The Hall–Kier alpha value is -3.17. The fourth-order valence-electron chi connectivity index (χ4n) is 2.60. The van der Waals surface area contributed by atoms with Gasteiger partial charge in [0.25, 0.3) is 5.91 Å². The number of nitrogens with one attached hydrogen (secondary N) is 1. The van der Waals surface area contributed by atoms with Gasteiger partial charge in [-0.1, -0.05) is 12.1 Å². The number of benzene rings is 1. The van der Waals surface area contributed by atoms with Crippen molar-refractivity contribution in [1.29, 1.82) is 0 Å². The summed E-state index contributed by atoms with van der Waals surface area (Å²) in [6.07, 6.45) is -3.13. The Kier molecular flexibility index (Phi) is 4.26. The molecule has 3 aromatic rings. The smallest absolute Gasteiger partial charge is 0.319 e. The average Bonchev–Trinajstić information content (AvgIpc) is 3.07. The molecule has 1 amide bonds. The maximum absolute atomic E-state index is 13.1. The minimum absolute atomic E-state index is 0.248. The van der Waals surface area contributed by atoms with Crippen molar-refractivity contribution in [2.75, 3.05) is 5.32 Å². The zero-order chi connectivity index (χ0) is 19.1. The number of nitrogens with zero attached hydrogens (tertiary/aromatic N) is 5. The molecule has 7 nitrogen and oxygen atoms in total. The van der Waals surface area contributed by atoms with Crippen LogP contribution in [-0.2, 0) is 20.3 Å².